The second-order valence-corrected chi connectivity index (χ2v) is 6.72. The topological polar surface area (TPSA) is 127 Å². The Balaban J connectivity index is 1.75. The predicted molar refractivity (Wildman–Crippen MR) is 95.1 cm³/mol. The number of likely N-dealkylation sites (N-methyl/N-ethyl adjacent to an activating group) is 1. The van der Waals surface area contributed by atoms with Crippen LogP contribution >= 0.6 is 11.3 Å². The van der Waals surface area contributed by atoms with Crippen molar-refractivity contribution < 1.29 is 14.4 Å². The van der Waals surface area contributed by atoms with E-state index in [4.69, 9.17) is 0 Å². The van der Waals surface area contributed by atoms with E-state index in [0.29, 0.717) is 18.5 Å². The third kappa shape index (κ3) is 3.69. The Labute approximate surface area is 152 Å². The maximum Gasteiger partial charge on any atom is 0.323 e. The standard InChI is InChI=1S/C16H19N5O4S/c1-2-17-14(23)12-5-10(19-13(22)11-6-18-16(25)20-11)7-21(12)15(24)9-3-4-26-8-9/h3-4,6,8,10,12H,2,5,7H2,1H3,(H,17,23)(H,19,22)(H2,18,20,25)/t10-,12+/m1/s1. The molecule has 0 spiro atoms. The molecule has 4 N–H and O–H groups in total. The molecule has 1 aliphatic heterocycles. The number of H-pyrrole nitrogens is 2. The molecule has 1 fully saturated rings. The van der Waals surface area contributed by atoms with Crippen LogP contribution in [0.4, 0.5) is 0 Å². The van der Waals surface area contributed by atoms with Crippen LogP contribution in [0.15, 0.2) is 27.8 Å². The third-order valence-electron chi connectivity index (χ3n) is 4.16. The quantitative estimate of drug-likeness (QED) is 0.581. The molecule has 0 radical (unpaired) electrons. The van der Waals surface area contributed by atoms with Gasteiger partial charge in [0.2, 0.25) is 5.91 Å². The predicted octanol–water partition coefficient (Wildman–Crippen LogP) is -0.0863. The highest BCUT2D eigenvalue weighted by Gasteiger charge is 2.40. The number of nitrogens with zero attached hydrogens (tertiary/aromatic N) is 1. The van der Waals surface area contributed by atoms with Gasteiger partial charge in [-0.25, -0.2) is 4.79 Å². The van der Waals surface area contributed by atoms with E-state index in [2.05, 4.69) is 20.6 Å². The van der Waals surface area contributed by atoms with Gasteiger partial charge in [0.15, 0.2) is 0 Å². The number of carbonyl (C=O) groups is 3. The normalized spacial score (nSPS) is 19.3. The number of aromatic amines is 2. The number of hydrogen-bond donors (Lipinski definition) is 4. The summed E-state index contributed by atoms with van der Waals surface area (Å²) in [5, 5.41) is 9.02. The average molecular weight is 377 g/mol. The number of hydrogen-bond acceptors (Lipinski definition) is 5. The summed E-state index contributed by atoms with van der Waals surface area (Å²) in [6.45, 7) is 2.48. The van der Waals surface area contributed by atoms with Crippen molar-refractivity contribution in [3.63, 3.8) is 0 Å². The Morgan fingerprint density at radius 3 is 2.81 bits per heavy atom. The number of amides is 3. The van der Waals surface area contributed by atoms with Gasteiger partial charge in [-0.3, -0.25) is 14.4 Å². The van der Waals surface area contributed by atoms with Crippen LogP contribution < -0.4 is 16.3 Å². The number of rotatable bonds is 5. The van der Waals surface area contributed by atoms with Crippen molar-refractivity contribution in [3.8, 4) is 0 Å². The van der Waals surface area contributed by atoms with Gasteiger partial charge in [-0.05, 0) is 24.8 Å². The first-order chi connectivity index (χ1) is 12.5. The first-order valence-electron chi connectivity index (χ1n) is 8.19. The van der Waals surface area contributed by atoms with Crippen LogP contribution in [0, 0.1) is 0 Å². The maximum atomic E-state index is 12.7. The van der Waals surface area contributed by atoms with Gasteiger partial charge in [-0.1, -0.05) is 0 Å². The minimum absolute atomic E-state index is 0.104. The van der Waals surface area contributed by atoms with Crippen LogP contribution in [0.1, 0.15) is 34.2 Å². The van der Waals surface area contributed by atoms with E-state index in [9.17, 15) is 19.2 Å². The molecule has 10 heteroatoms. The highest BCUT2D eigenvalue weighted by atomic mass is 32.1. The average Bonchev–Trinajstić information content (AvgIpc) is 3.34. The summed E-state index contributed by atoms with van der Waals surface area (Å²) in [6.07, 6.45) is 1.59. The lowest BCUT2D eigenvalue weighted by Gasteiger charge is -2.23. The largest absolute Gasteiger partial charge is 0.355 e. The van der Waals surface area contributed by atoms with Crippen molar-refractivity contribution in [2.24, 2.45) is 0 Å². The second-order valence-electron chi connectivity index (χ2n) is 5.94. The zero-order valence-corrected chi connectivity index (χ0v) is 14.9. The Bertz CT molecular complexity index is 856. The van der Waals surface area contributed by atoms with E-state index in [1.165, 1.54) is 22.4 Å². The van der Waals surface area contributed by atoms with Crippen LogP contribution in [-0.2, 0) is 4.79 Å². The van der Waals surface area contributed by atoms with Crippen LogP contribution in [-0.4, -0.2) is 57.8 Å². The molecular formula is C16H19N5O4S. The molecular weight excluding hydrogens is 358 g/mol. The first-order valence-corrected chi connectivity index (χ1v) is 9.13. The van der Waals surface area contributed by atoms with E-state index >= 15 is 0 Å². The molecule has 9 nitrogen and oxygen atoms in total. The lowest BCUT2D eigenvalue weighted by atomic mass is 10.1. The molecule has 3 rings (SSSR count). The van der Waals surface area contributed by atoms with E-state index in [1.54, 1.807) is 23.8 Å². The molecule has 138 valence electrons. The zero-order chi connectivity index (χ0) is 18.7. The van der Waals surface area contributed by atoms with Gasteiger partial charge in [-0.2, -0.15) is 11.3 Å². The van der Waals surface area contributed by atoms with Crippen LogP contribution in [0.25, 0.3) is 0 Å². The van der Waals surface area contributed by atoms with Gasteiger partial charge >= 0.3 is 5.69 Å². The van der Waals surface area contributed by atoms with Crippen LogP contribution in [0.3, 0.4) is 0 Å². The maximum absolute atomic E-state index is 12.7. The highest BCUT2D eigenvalue weighted by molar-refractivity contribution is 7.08. The summed E-state index contributed by atoms with van der Waals surface area (Å²) in [5.74, 6) is -0.954. The van der Waals surface area contributed by atoms with E-state index < -0.39 is 23.7 Å². The van der Waals surface area contributed by atoms with Gasteiger partial charge in [-0.15, -0.1) is 0 Å². The van der Waals surface area contributed by atoms with Gasteiger partial charge < -0.3 is 25.5 Å². The summed E-state index contributed by atoms with van der Waals surface area (Å²) in [7, 11) is 0. The number of nitrogens with one attached hydrogen (secondary N) is 4. The van der Waals surface area contributed by atoms with E-state index in [-0.39, 0.29) is 24.1 Å². The fraction of sp³-hybridized carbons (Fsp3) is 0.375. The third-order valence-corrected chi connectivity index (χ3v) is 4.84. The molecule has 1 aliphatic rings. The molecule has 0 unspecified atom stereocenters. The zero-order valence-electron chi connectivity index (χ0n) is 14.1. The monoisotopic (exact) mass is 377 g/mol. The van der Waals surface area contributed by atoms with Crippen LogP contribution in [0.5, 0.6) is 0 Å². The van der Waals surface area contributed by atoms with Gasteiger partial charge in [0, 0.05) is 30.7 Å². The Morgan fingerprint density at radius 1 is 1.38 bits per heavy atom. The minimum Gasteiger partial charge on any atom is -0.355 e. The number of carbonyl (C=O) groups excluding carboxylic acids is 3. The van der Waals surface area contributed by atoms with Crippen molar-refractivity contribution in [3.05, 3.63) is 44.8 Å². The molecule has 0 aromatic carbocycles. The molecule has 3 heterocycles. The summed E-state index contributed by atoms with van der Waals surface area (Å²) < 4.78 is 0. The van der Waals surface area contributed by atoms with Crippen molar-refractivity contribution in [1.82, 2.24) is 25.5 Å². The molecule has 2 atom stereocenters. The molecule has 3 amide bonds. The Kier molecular flexibility index (Phi) is 5.21. The Hall–Kier alpha value is -2.88. The fourth-order valence-corrected chi connectivity index (χ4v) is 3.60. The van der Waals surface area contributed by atoms with Crippen molar-refractivity contribution >= 4 is 29.1 Å². The summed E-state index contributed by atoms with van der Waals surface area (Å²) in [6, 6.07) is 0.659. The molecule has 0 bridgehead atoms. The van der Waals surface area contributed by atoms with Crippen molar-refractivity contribution in [2.75, 3.05) is 13.1 Å². The van der Waals surface area contributed by atoms with Crippen molar-refractivity contribution in [1.29, 1.82) is 0 Å². The molecule has 0 aliphatic carbocycles. The van der Waals surface area contributed by atoms with Crippen LogP contribution in [0.2, 0.25) is 0 Å². The summed E-state index contributed by atoms with van der Waals surface area (Å²) in [4.78, 5) is 54.7. The fourth-order valence-electron chi connectivity index (χ4n) is 2.98. The van der Waals surface area contributed by atoms with E-state index in [0.717, 1.165) is 0 Å². The van der Waals surface area contributed by atoms with Gasteiger partial charge in [0.1, 0.15) is 11.7 Å². The molecule has 0 saturated carbocycles. The van der Waals surface area contributed by atoms with Gasteiger partial charge in [0.25, 0.3) is 11.8 Å². The lowest BCUT2D eigenvalue weighted by Crippen LogP contribution is -2.45. The number of imidazole rings is 1. The number of thiophene rings is 1. The molecule has 1 saturated heterocycles. The number of likely N-dealkylation sites (tertiary alicyclic amines) is 1. The van der Waals surface area contributed by atoms with Crippen molar-refractivity contribution in [2.45, 2.75) is 25.4 Å². The summed E-state index contributed by atoms with van der Waals surface area (Å²) in [5.41, 5.74) is 0.148. The molecule has 2 aromatic heterocycles. The number of aromatic nitrogens is 2. The smallest absolute Gasteiger partial charge is 0.323 e. The molecule has 26 heavy (non-hydrogen) atoms. The summed E-state index contributed by atoms with van der Waals surface area (Å²) >= 11 is 1.40. The minimum atomic E-state index is -0.655. The van der Waals surface area contributed by atoms with E-state index in [1.807, 2.05) is 0 Å². The molecule has 2 aromatic rings. The highest BCUT2D eigenvalue weighted by Crippen LogP contribution is 2.22. The SMILES string of the molecule is CCNC(=O)[C@@H]1C[C@@H](NC(=O)c2c[nH]c(=O)[nH]2)CN1C(=O)c1ccsc1. The van der Waals surface area contributed by atoms with Gasteiger partial charge in [0.05, 0.1) is 5.56 Å². The Morgan fingerprint density at radius 2 is 2.19 bits per heavy atom. The lowest BCUT2D eigenvalue weighted by molar-refractivity contribution is -0.124. The second kappa shape index (κ2) is 7.56. The first kappa shape index (κ1) is 17.9.